The molecule has 3 aromatic carbocycles. The van der Waals surface area contributed by atoms with Crippen LogP contribution >= 0.6 is 0 Å². The fourth-order valence-electron chi connectivity index (χ4n) is 4.80. The van der Waals surface area contributed by atoms with Crippen molar-refractivity contribution in [3.63, 3.8) is 0 Å². The van der Waals surface area contributed by atoms with Crippen LogP contribution < -0.4 is 18.9 Å². The Morgan fingerprint density at radius 3 is 1.97 bits per heavy atom. The SMILES string of the molecule is COc1cc(C2(c3c(-c4ccccc4)[nH]c4c(OC)cccc34)COC2)cc(OC)c1OC. The number of para-hydroxylation sites is 1. The molecular formula is C27H27NO5. The maximum absolute atomic E-state index is 5.86. The van der Waals surface area contributed by atoms with E-state index >= 15 is 0 Å². The Kier molecular flexibility index (Phi) is 5.38. The summed E-state index contributed by atoms with van der Waals surface area (Å²) in [5, 5.41) is 1.10. The molecule has 1 N–H and O–H groups in total. The zero-order chi connectivity index (χ0) is 23.0. The van der Waals surface area contributed by atoms with E-state index in [1.54, 1.807) is 28.4 Å². The fraction of sp³-hybridized carbons (Fsp3) is 0.259. The second-order valence-electron chi connectivity index (χ2n) is 8.11. The Morgan fingerprint density at radius 2 is 1.42 bits per heavy atom. The van der Waals surface area contributed by atoms with Gasteiger partial charge in [-0.25, -0.2) is 0 Å². The highest BCUT2D eigenvalue weighted by Crippen LogP contribution is 2.51. The van der Waals surface area contributed by atoms with Gasteiger partial charge in [0.25, 0.3) is 0 Å². The van der Waals surface area contributed by atoms with Crippen LogP contribution in [0.4, 0.5) is 0 Å². The lowest BCUT2D eigenvalue weighted by Gasteiger charge is -2.43. The summed E-state index contributed by atoms with van der Waals surface area (Å²) in [5.74, 6) is 2.62. The summed E-state index contributed by atoms with van der Waals surface area (Å²) in [7, 11) is 6.58. The molecule has 1 fully saturated rings. The van der Waals surface area contributed by atoms with Crippen LogP contribution in [-0.4, -0.2) is 46.6 Å². The molecule has 1 saturated heterocycles. The largest absolute Gasteiger partial charge is 0.495 e. The molecular weight excluding hydrogens is 418 g/mol. The quantitative estimate of drug-likeness (QED) is 0.424. The summed E-state index contributed by atoms with van der Waals surface area (Å²) < 4.78 is 28.4. The number of aromatic amines is 1. The van der Waals surface area contributed by atoms with Crippen molar-refractivity contribution in [1.82, 2.24) is 4.98 Å². The lowest BCUT2D eigenvalue weighted by Crippen LogP contribution is -2.48. The Bertz CT molecular complexity index is 1270. The first-order valence-corrected chi connectivity index (χ1v) is 10.8. The van der Waals surface area contributed by atoms with E-state index in [4.69, 9.17) is 23.7 Å². The Hall–Kier alpha value is -3.64. The summed E-state index contributed by atoms with van der Waals surface area (Å²) >= 11 is 0. The van der Waals surface area contributed by atoms with Gasteiger partial charge in [0, 0.05) is 10.9 Å². The van der Waals surface area contributed by atoms with Crippen molar-refractivity contribution in [1.29, 1.82) is 0 Å². The van der Waals surface area contributed by atoms with E-state index in [9.17, 15) is 0 Å². The molecule has 1 aliphatic heterocycles. The molecule has 5 rings (SSSR count). The average Bonchev–Trinajstić information content (AvgIpc) is 3.23. The monoisotopic (exact) mass is 445 g/mol. The van der Waals surface area contributed by atoms with Gasteiger partial charge in [-0.15, -0.1) is 0 Å². The van der Waals surface area contributed by atoms with E-state index in [1.807, 2.05) is 42.5 Å². The molecule has 0 amide bonds. The molecule has 6 nitrogen and oxygen atoms in total. The van der Waals surface area contributed by atoms with Gasteiger partial charge in [-0.3, -0.25) is 0 Å². The van der Waals surface area contributed by atoms with Crippen molar-refractivity contribution in [2.45, 2.75) is 5.41 Å². The minimum Gasteiger partial charge on any atom is -0.495 e. The highest BCUT2D eigenvalue weighted by atomic mass is 16.5. The maximum Gasteiger partial charge on any atom is 0.203 e. The van der Waals surface area contributed by atoms with Gasteiger partial charge < -0.3 is 28.7 Å². The summed E-state index contributed by atoms with van der Waals surface area (Å²) in [5.41, 5.74) is 4.93. The smallest absolute Gasteiger partial charge is 0.203 e. The first-order chi connectivity index (χ1) is 16.2. The molecule has 0 unspecified atom stereocenters. The minimum absolute atomic E-state index is 0.400. The van der Waals surface area contributed by atoms with Gasteiger partial charge in [-0.2, -0.15) is 0 Å². The van der Waals surface area contributed by atoms with Crippen molar-refractivity contribution in [3.8, 4) is 34.3 Å². The van der Waals surface area contributed by atoms with Gasteiger partial charge >= 0.3 is 0 Å². The third-order valence-electron chi connectivity index (χ3n) is 6.47. The van der Waals surface area contributed by atoms with Gasteiger partial charge in [0.1, 0.15) is 5.75 Å². The standard InChI is InChI=1S/C27H27NO5/c1-29-20-12-8-11-19-23(24(28-25(19)20)17-9-6-5-7-10-17)27(15-33-16-27)18-13-21(30-2)26(32-4)22(14-18)31-3/h5-14,28H,15-16H2,1-4H3. The second kappa shape index (κ2) is 8.37. The van der Waals surface area contributed by atoms with Crippen LogP contribution in [-0.2, 0) is 10.2 Å². The molecule has 1 aliphatic rings. The molecule has 33 heavy (non-hydrogen) atoms. The third kappa shape index (κ3) is 3.21. The van der Waals surface area contributed by atoms with E-state index < -0.39 is 5.41 Å². The molecule has 170 valence electrons. The second-order valence-corrected chi connectivity index (χ2v) is 8.11. The summed E-state index contributed by atoms with van der Waals surface area (Å²) in [6.07, 6.45) is 0. The number of benzene rings is 3. The Balaban J connectivity index is 1.83. The van der Waals surface area contributed by atoms with E-state index in [0.717, 1.165) is 33.5 Å². The number of H-pyrrole nitrogens is 1. The molecule has 2 heterocycles. The number of ether oxygens (including phenoxy) is 5. The first-order valence-electron chi connectivity index (χ1n) is 10.8. The lowest BCUT2D eigenvalue weighted by molar-refractivity contribution is -0.0371. The number of nitrogens with one attached hydrogen (secondary N) is 1. The van der Waals surface area contributed by atoms with Gasteiger partial charge in [0.05, 0.1) is 58.3 Å². The topological polar surface area (TPSA) is 61.9 Å². The van der Waals surface area contributed by atoms with Crippen molar-refractivity contribution >= 4 is 10.9 Å². The highest BCUT2D eigenvalue weighted by Gasteiger charge is 2.46. The lowest BCUT2D eigenvalue weighted by atomic mass is 9.71. The molecule has 6 heteroatoms. The van der Waals surface area contributed by atoms with Crippen molar-refractivity contribution in [3.05, 3.63) is 71.8 Å². The normalized spacial score (nSPS) is 14.5. The number of aromatic nitrogens is 1. The van der Waals surface area contributed by atoms with Crippen LogP contribution in [0.3, 0.4) is 0 Å². The summed E-state index contributed by atoms with van der Waals surface area (Å²) in [4.78, 5) is 3.66. The van der Waals surface area contributed by atoms with E-state index in [-0.39, 0.29) is 0 Å². The third-order valence-corrected chi connectivity index (χ3v) is 6.47. The van der Waals surface area contributed by atoms with Crippen LogP contribution in [0.5, 0.6) is 23.0 Å². The minimum atomic E-state index is -0.400. The Morgan fingerprint density at radius 1 is 0.758 bits per heavy atom. The molecule has 0 atom stereocenters. The molecule has 0 spiro atoms. The number of hydrogen-bond acceptors (Lipinski definition) is 5. The molecule has 0 saturated carbocycles. The zero-order valence-corrected chi connectivity index (χ0v) is 19.2. The molecule has 4 aromatic rings. The van der Waals surface area contributed by atoms with Gasteiger partial charge in [0.15, 0.2) is 11.5 Å². The summed E-state index contributed by atoms with van der Waals surface area (Å²) in [6.45, 7) is 1.07. The van der Waals surface area contributed by atoms with E-state index in [0.29, 0.717) is 30.5 Å². The zero-order valence-electron chi connectivity index (χ0n) is 19.2. The maximum atomic E-state index is 5.86. The number of fused-ring (bicyclic) bond motifs is 1. The first kappa shape index (κ1) is 21.2. The van der Waals surface area contributed by atoms with Crippen molar-refractivity contribution < 1.29 is 23.7 Å². The number of methoxy groups -OCH3 is 4. The fourth-order valence-corrected chi connectivity index (χ4v) is 4.80. The predicted molar refractivity (Wildman–Crippen MR) is 128 cm³/mol. The predicted octanol–water partition coefficient (Wildman–Crippen LogP) is 5.19. The van der Waals surface area contributed by atoms with Gasteiger partial charge in [-0.05, 0) is 29.3 Å². The van der Waals surface area contributed by atoms with Gasteiger partial charge in [-0.1, -0.05) is 42.5 Å². The molecule has 0 aliphatic carbocycles. The Labute approximate surface area is 193 Å². The van der Waals surface area contributed by atoms with Crippen LogP contribution in [0.2, 0.25) is 0 Å². The van der Waals surface area contributed by atoms with Crippen LogP contribution in [0, 0.1) is 0 Å². The number of rotatable bonds is 7. The summed E-state index contributed by atoms with van der Waals surface area (Å²) in [6, 6.07) is 20.5. The van der Waals surface area contributed by atoms with Gasteiger partial charge in [0.2, 0.25) is 5.75 Å². The molecule has 0 radical (unpaired) electrons. The van der Waals surface area contributed by atoms with Crippen molar-refractivity contribution in [2.75, 3.05) is 41.7 Å². The van der Waals surface area contributed by atoms with E-state index in [2.05, 4.69) is 23.2 Å². The average molecular weight is 446 g/mol. The van der Waals surface area contributed by atoms with E-state index in [1.165, 1.54) is 5.56 Å². The van der Waals surface area contributed by atoms with Crippen LogP contribution in [0.15, 0.2) is 60.7 Å². The highest BCUT2D eigenvalue weighted by molar-refractivity contribution is 5.96. The molecule has 0 bridgehead atoms. The molecule has 1 aromatic heterocycles. The van der Waals surface area contributed by atoms with Crippen molar-refractivity contribution in [2.24, 2.45) is 0 Å². The number of hydrogen-bond donors (Lipinski definition) is 1. The van der Waals surface area contributed by atoms with Crippen LogP contribution in [0.1, 0.15) is 11.1 Å². The van der Waals surface area contributed by atoms with Crippen LogP contribution in [0.25, 0.3) is 22.2 Å².